The Balaban J connectivity index is 2.52. The zero-order chi connectivity index (χ0) is 15.3. The molecule has 0 heterocycles. The van der Waals surface area contributed by atoms with Crippen molar-refractivity contribution in [1.82, 2.24) is 0 Å². The molecule has 0 aliphatic heterocycles. The molecule has 0 aromatic heterocycles. The lowest BCUT2D eigenvalue weighted by atomic mass is 9.58. The summed E-state index contributed by atoms with van der Waals surface area (Å²) in [4.78, 5) is 0. The highest BCUT2D eigenvalue weighted by Crippen LogP contribution is 2.54. The second kappa shape index (κ2) is 4.59. The Morgan fingerprint density at radius 1 is 0.750 bits per heavy atom. The lowest BCUT2D eigenvalue weighted by molar-refractivity contribution is -0.0916. The molecule has 1 saturated carbocycles. The van der Waals surface area contributed by atoms with Gasteiger partial charge in [-0.15, -0.1) is 0 Å². The summed E-state index contributed by atoms with van der Waals surface area (Å²) in [6, 6.07) is 4.43. The molecule has 1 nitrogen and oxygen atoms in total. The third kappa shape index (κ3) is 2.93. The number of rotatable bonds is 1. The van der Waals surface area contributed by atoms with E-state index in [9.17, 15) is 5.11 Å². The van der Waals surface area contributed by atoms with Gasteiger partial charge in [-0.05, 0) is 73.1 Å². The van der Waals surface area contributed by atoms with Gasteiger partial charge in [0, 0.05) is 0 Å². The van der Waals surface area contributed by atoms with E-state index < -0.39 is 5.60 Å². The molecule has 0 amide bonds. The summed E-state index contributed by atoms with van der Waals surface area (Å²) in [5.41, 5.74) is 4.63. The highest BCUT2D eigenvalue weighted by molar-refractivity contribution is 5.40. The number of aryl methyl sites for hydroxylation is 3. The number of aliphatic hydroxyl groups is 1. The van der Waals surface area contributed by atoms with Crippen LogP contribution in [0.2, 0.25) is 0 Å². The minimum atomic E-state index is -0.687. The third-order valence-corrected chi connectivity index (χ3v) is 4.84. The second-order valence-corrected chi connectivity index (χ2v) is 8.64. The predicted molar refractivity (Wildman–Crippen MR) is 86.0 cm³/mol. The molecule has 1 aromatic carbocycles. The van der Waals surface area contributed by atoms with E-state index in [0.29, 0.717) is 0 Å². The monoisotopic (exact) mass is 274 g/mol. The van der Waals surface area contributed by atoms with Gasteiger partial charge in [0.25, 0.3) is 0 Å². The van der Waals surface area contributed by atoms with Crippen LogP contribution in [0.15, 0.2) is 12.1 Å². The highest BCUT2D eigenvalue weighted by Gasteiger charge is 2.47. The zero-order valence-corrected chi connectivity index (χ0v) is 14.2. The van der Waals surface area contributed by atoms with Crippen molar-refractivity contribution in [3.63, 3.8) is 0 Å². The first-order valence-corrected chi connectivity index (χ1v) is 7.75. The van der Waals surface area contributed by atoms with Gasteiger partial charge in [0.2, 0.25) is 0 Å². The van der Waals surface area contributed by atoms with Crippen LogP contribution in [-0.4, -0.2) is 5.11 Å². The van der Waals surface area contributed by atoms with Crippen LogP contribution in [0.1, 0.15) is 69.2 Å². The highest BCUT2D eigenvalue weighted by atomic mass is 16.3. The molecular weight excluding hydrogens is 244 g/mol. The maximum absolute atomic E-state index is 11.4. The van der Waals surface area contributed by atoms with E-state index in [-0.39, 0.29) is 10.8 Å². The topological polar surface area (TPSA) is 20.2 Å². The largest absolute Gasteiger partial charge is 0.385 e. The third-order valence-electron chi connectivity index (χ3n) is 4.84. The van der Waals surface area contributed by atoms with E-state index in [4.69, 9.17) is 0 Å². The maximum atomic E-state index is 11.4. The number of benzene rings is 1. The van der Waals surface area contributed by atoms with Gasteiger partial charge < -0.3 is 5.11 Å². The van der Waals surface area contributed by atoms with Crippen molar-refractivity contribution < 1.29 is 5.11 Å². The van der Waals surface area contributed by atoms with Crippen LogP contribution in [0, 0.1) is 31.6 Å². The van der Waals surface area contributed by atoms with Crippen LogP contribution < -0.4 is 0 Å². The molecule has 1 N–H and O–H groups in total. The quantitative estimate of drug-likeness (QED) is 0.761. The van der Waals surface area contributed by atoms with E-state index in [1.165, 1.54) is 23.1 Å². The van der Waals surface area contributed by atoms with Crippen LogP contribution in [0.25, 0.3) is 0 Å². The van der Waals surface area contributed by atoms with Crippen LogP contribution in [0.3, 0.4) is 0 Å². The minimum Gasteiger partial charge on any atom is -0.385 e. The molecule has 0 radical (unpaired) electrons. The molecule has 1 aliphatic rings. The summed E-state index contributed by atoms with van der Waals surface area (Å²) in [6.45, 7) is 15.6. The van der Waals surface area contributed by atoms with E-state index in [2.05, 4.69) is 60.6 Å². The fourth-order valence-electron chi connectivity index (χ4n) is 4.72. The van der Waals surface area contributed by atoms with Gasteiger partial charge >= 0.3 is 0 Å². The minimum absolute atomic E-state index is 0.182. The number of hydrogen-bond acceptors (Lipinski definition) is 1. The number of hydrogen-bond donors (Lipinski definition) is 1. The summed E-state index contributed by atoms with van der Waals surface area (Å²) in [5.74, 6) is 0. The zero-order valence-electron chi connectivity index (χ0n) is 14.2. The van der Waals surface area contributed by atoms with Gasteiger partial charge in [-0.2, -0.15) is 0 Å². The van der Waals surface area contributed by atoms with Crippen molar-refractivity contribution in [2.45, 2.75) is 73.3 Å². The molecule has 0 saturated heterocycles. The summed E-state index contributed by atoms with van der Waals surface area (Å²) in [6.07, 6.45) is 2.88. The lowest BCUT2D eigenvalue weighted by Gasteiger charge is -2.50. The van der Waals surface area contributed by atoms with E-state index in [0.717, 1.165) is 18.4 Å². The lowest BCUT2D eigenvalue weighted by Crippen LogP contribution is -2.44. The van der Waals surface area contributed by atoms with Crippen LogP contribution in [-0.2, 0) is 5.60 Å². The Hall–Kier alpha value is -0.820. The summed E-state index contributed by atoms with van der Waals surface area (Å²) >= 11 is 0. The van der Waals surface area contributed by atoms with Gasteiger partial charge in [-0.25, -0.2) is 0 Å². The summed E-state index contributed by atoms with van der Waals surface area (Å²) in [5, 5.41) is 11.4. The SMILES string of the molecule is Cc1cc(C)c(C2(O)CC(C)(C)CC(C)(C)C2)cc1C. The molecule has 0 spiro atoms. The molecule has 20 heavy (non-hydrogen) atoms. The van der Waals surface area contributed by atoms with Crippen LogP contribution in [0.5, 0.6) is 0 Å². The van der Waals surface area contributed by atoms with Crippen molar-refractivity contribution in [1.29, 1.82) is 0 Å². The van der Waals surface area contributed by atoms with E-state index in [1.807, 2.05) is 0 Å². The normalized spacial score (nSPS) is 23.6. The Kier molecular flexibility index (Phi) is 3.57. The van der Waals surface area contributed by atoms with Crippen molar-refractivity contribution >= 4 is 0 Å². The van der Waals surface area contributed by atoms with Gasteiger partial charge in [0.05, 0.1) is 5.60 Å². The standard InChI is InChI=1S/C19H30O/c1-13-8-15(3)16(9-14(13)2)19(20)11-17(4,5)10-18(6,7)12-19/h8-9,20H,10-12H2,1-7H3. The molecule has 2 rings (SSSR count). The van der Waals surface area contributed by atoms with Crippen LogP contribution >= 0.6 is 0 Å². The van der Waals surface area contributed by atoms with Crippen molar-refractivity contribution in [3.8, 4) is 0 Å². The molecule has 112 valence electrons. The molecule has 0 atom stereocenters. The smallest absolute Gasteiger partial charge is 0.0909 e. The Morgan fingerprint density at radius 3 is 1.70 bits per heavy atom. The maximum Gasteiger partial charge on any atom is 0.0909 e. The molecule has 1 aromatic rings. The summed E-state index contributed by atoms with van der Waals surface area (Å²) in [7, 11) is 0. The van der Waals surface area contributed by atoms with Crippen LogP contribution in [0.4, 0.5) is 0 Å². The first-order chi connectivity index (χ1) is 8.94. The molecule has 1 fully saturated rings. The second-order valence-electron chi connectivity index (χ2n) is 8.64. The first-order valence-electron chi connectivity index (χ1n) is 7.75. The fraction of sp³-hybridized carbons (Fsp3) is 0.684. The Labute approximate surface area is 124 Å². The predicted octanol–water partition coefficient (Wildman–Crippen LogP) is 5.04. The summed E-state index contributed by atoms with van der Waals surface area (Å²) < 4.78 is 0. The Bertz CT molecular complexity index is 507. The van der Waals surface area contributed by atoms with Gasteiger partial charge in [-0.3, -0.25) is 0 Å². The average Bonchev–Trinajstić information content (AvgIpc) is 2.17. The fourth-order valence-corrected chi connectivity index (χ4v) is 4.72. The van der Waals surface area contributed by atoms with Gasteiger partial charge in [-0.1, -0.05) is 39.8 Å². The van der Waals surface area contributed by atoms with Crippen molar-refractivity contribution in [2.24, 2.45) is 10.8 Å². The van der Waals surface area contributed by atoms with E-state index in [1.54, 1.807) is 0 Å². The van der Waals surface area contributed by atoms with Gasteiger partial charge in [0.1, 0.15) is 0 Å². The molecular formula is C19H30O. The Morgan fingerprint density at radius 2 is 1.20 bits per heavy atom. The van der Waals surface area contributed by atoms with Crippen molar-refractivity contribution in [2.75, 3.05) is 0 Å². The van der Waals surface area contributed by atoms with Crippen molar-refractivity contribution in [3.05, 3.63) is 34.4 Å². The van der Waals surface area contributed by atoms with Gasteiger partial charge in [0.15, 0.2) is 0 Å². The first kappa shape index (κ1) is 15.6. The molecule has 1 heteroatoms. The molecule has 0 unspecified atom stereocenters. The molecule has 1 aliphatic carbocycles. The average molecular weight is 274 g/mol. The van der Waals surface area contributed by atoms with E-state index >= 15 is 0 Å². The molecule has 0 bridgehead atoms.